The molecule has 132 valence electrons. The molecule has 1 aliphatic heterocycles. The van der Waals surface area contributed by atoms with E-state index >= 15 is 0 Å². The van der Waals surface area contributed by atoms with Gasteiger partial charge >= 0.3 is 0 Å². The standard InChI is InChI=1S/C18H24N6O/c1-2-15(1)21-18-22-16(14-3-5-19-6-4-14)13-17(23-18)20-7-8-24-9-11-25-12-10-24/h3-6,13,15H,1-2,7-12H2,(H2,20,21,22,23). The summed E-state index contributed by atoms with van der Waals surface area (Å²) >= 11 is 0. The Balaban J connectivity index is 1.45. The van der Waals surface area contributed by atoms with Crippen LogP contribution >= 0.6 is 0 Å². The zero-order valence-electron chi connectivity index (χ0n) is 14.3. The fourth-order valence-electron chi connectivity index (χ4n) is 2.85. The summed E-state index contributed by atoms with van der Waals surface area (Å²) in [4.78, 5) is 15.8. The van der Waals surface area contributed by atoms with E-state index in [0.717, 1.165) is 56.5 Å². The van der Waals surface area contributed by atoms with Crippen LogP contribution in [-0.2, 0) is 4.74 Å². The summed E-state index contributed by atoms with van der Waals surface area (Å²) in [6, 6.07) is 6.47. The predicted octanol–water partition coefficient (Wildman–Crippen LogP) is 1.86. The molecule has 0 spiro atoms. The van der Waals surface area contributed by atoms with Crippen LogP contribution in [0.4, 0.5) is 11.8 Å². The van der Waals surface area contributed by atoms with E-state index in [1.165, 1.54) is 12.8 Å². The number of hydrogen-bond donors (Lipinski definition) is 2. The number of ether oxygens (including phenoxy) is 1. The minimum Gasteiger partial charge on any atom is -0.379 e. The fourth-order valence-corrected chi connectivity index (χ4v) is 2.85. The Morgan fingerprint density at radius 3 is 2.68 bits per heavy atom. The SMILES string of the molecule is c1cc(-c2cc(NCCN3CCOCC3)nc(NC3CC3)n2)ccn1. The van der Waals surface area contributed by atoms with Gasteiger partial charge in [-0.25, -0.2) is 4.98 Å². The first-order chi connectivity index (χ1) is 12.4. The van der Waals surface area contributed by atoms with Crippen molar-refractivity contribution in [2.75, 3.05) is 50.0 Å². The van der Waals surface area contributed by atoms with Crippen LogP contribution in [0, 0.1) is 0 Å². The average molecular weight is 340 g/mol. The van der Waals surface area contributed by atoms with Crippen LogP contribution in [-0.4, -0.2) is 65.3 Å². The van der Waals surface area contributed by atoms with Gasteiger partial charge in [0.05, 0.1) is 18.9 Å². The highest BCUT2D eigenvalue weighted by atomic mass is 16.5. The average Bonchev–Trinajstić information content (AvgIpc) is 3.47. The van der Waals surface area contributed by atoms with Crippen molar-refractivity contribution < 1.29 is 4.74 Å². The second-order valence-electron chi connectivity index (χ2n) is 6.50. The van der Waals surface area contributed by atoms with Crippen LogP contribution < -0.4 is 10.6 Å². The number of morpholine rings is 1. The molecule has 25 heavy (non-hydrogen) atoms. The monoisotopic (exact) mass is 340 g/mol. The van der Waals surface area contributed by atoms with Gasteiger partial charge in [0.1, 0.15) is 5.82 Å². The molecule has 0 radical (unpaired) electrons. The topological polar surface area (TPSA) is 75.2 Å². The van der Waals surface area contributed by atoms with Gasteiger partial charge < -0.3 is 15.4 Å². The molecule has 2 fully saturated rings. The smallest absolute Gasteiger partial charge is 0.225 e. The lowest BCUT2D eigenvalue weighted by Gasteiger charge is -2.26. The van der Waals surface area contributed by atoms with Crippen LogP contribution in [0.5, 0.6) is 0 Å². The van der Waals surface area contributed by atoms with Crippen LogP contribution in [0.25, 0.3) is 11.3 Å². The van der Waals surface area contributed by atoms with Crippen LogP contribution in [0.3, 0.4) is 0 Å². The third kappa shape index (κ3) is 4.64. The van der Waals surface area contributed by atoms with Gasteiger partial charge in [-0.3, -0.25) is 9.88 Å². The molecule has 4 rings (SSSR count). The summed E-state index contributed by atoms with van der Waals surface area (Å²) < 4.78 is 5.39. The Morgan fingerprint density at radius 2 is 1.92 bits per heavy atom. The summed E-state index contributed by atoms with van der Waals surface area (Å²) in [5, 5.41) is 6.85. The van der Waals surface area contributed by atoms with Gasteiger partial charge in [0.25, 0.3) is 0 Å². The molecule has 2 aromatic rings. The number of rotatable bonds is 7. The summed E-state index contributed by atoms with van der Waals surface area (Å²) in [6.07, 6.45) is 5.97. The molecular weight excluding hydrogens is 316 g/mol. The lowest BCUT2D eigenvalue weighted by molar-refractivity contribution is 0.0398. The molecule has 0 bridgehead atoms. The predicted molar refractivity (Wildman–Crippen MR) is 97.7 cm³/mol. The zero-order valence-corrected chi connectivity index (χ0v) is 14.3. The third-order valence-corrected chi connectivity index (χ3v) is 4.45. The highest BCUT2D eigenvalue weighted by molar-refractivity contribution is 5.64. The van der Waals surface area contributed by atoms with Crippen molar-refractivity contribution in [1.82, 2.24) is 19.9 Å². The van der Waals surface area contributed by atoms with Crippen molar-refractivity contribution in [2.45, 2.75) is 18.9 Å². The van der Waals surface area contributed by atoms with Gasteiger partial charge in [-0.2, -0.15) is 4.98 Å². The molecular formula is C18H24N6O. The molecule has 1 saturated heterocycles. The summed E-state index contributed by atoms with van der Waals surface area (Å²) in [5.74, 6) is 1.56. The first kappa shape index (κ1) is 16.2. The van der Waals surface area contributed by atoms with Gasteiger partial charge in [0.2, 0.25) is 5.95 Å². The number of pyridine rings is 1. The second-order valence-corrected chi connectivity index (χ2v) is 6.50. The van der Waals surface area contributed by atoms with E-state index in [0.29, 0.717) is 12.0 Å². The molecule has 7 nitrogen and oxygen atoms in total. The molecule has 2 aliphatic rings. The minimum absolute atomic E-state index is 0.522. The van der Waals surface area contributed by atoms with Crippen LogP contribution in [0.15, 0.2) is 30.6 Å². The first-order valence-corrected chi connectivity index (χ1v) is 8.97. The third-order valence-electron chi connectivity index (χ3n) is 4.45. The Morgan fingerprint density at radius 1 is 1.12 bits per heavy atom. The number of aromatic nitrogens is 3. The van der Waals surface area contributed by atoms with Crippen molar-refractivity contribution in [1.29, 1.82) is 0 Å². The molecule has 7 heteroatoms. The highest BCUT2D eigenvalue weighted by Gasteiger charge is 2.22. The van der Waals surface area contributed by atoms with Gasteiger partial charge in [0.15, 0.2) is 0 Å². The van der Waals surface area contributed by atoms with E-state index in [-0.39, 0.29) is 0 Å². The van der Waals surface area contributed by atoms with E-state index in [4.69, 9.17) is 4.74 Å². The highest BCUT2D eigenvalue weighted by Crippen LogP contribution is 2.26. The molecule has 1 aliphatic carbocycles. The van der Waals surface area contributed by atoms with Crippen LogP contribution in [0.2, 0.25) is 0 Å². The summed E-state index contributed by atoms with van der Waals surface area (Å²) in [6.45, 7) is 5.51. The lowest BCUT2D eigenvalue weighted by atomic mass is 10.2. The van der Waals surface area contributed by atoms with Gasteiger partial charge in [-0.1, -0.05) is 0 Å². The van der Waals surface area contributed by atoms with Crippen molar-refractivity contribution in [3.63, 3.8) is 0 Å². The van der Waals surface area contributed by atoms with Gasteiger partial charge in [0, 0.05) is 56.2 Å². The number of hydrogen-bond acceptors (Lipinski definition) is 7. The Kier molecular flexibility index (Phi) is 5.03. The van der Waals surface area contributed by atoms with E-state index in [1.54, 1.807) is 12.4 Å². The molecule has 0 aromatic carbocycles. The van der Waals surface area contributed by atoms with E-state index in [9.17, 15) is 0 Å². The Hall–Kier alpha value is -2.25. The number of anilines is 2. The van der Waals surface area contributed by atoms with E-state index < -0.39 is 0 Å². The quantitative estimate of drug-likeness (QED) is 0.797. The summed E-state index contributed by atoms with van der Waals surface area (Å²) in [7, 11) is 0. The largest absolute Gasteiger partial charge is 0.379 e. The van der Waals surface area contributed by atoms with Crippen molar-refractivity contribution in [2.24, 2.45) is 0 Å². The minimum atomic E-state index is 0.522. The molecule has 0 atom stereocenters. The van der Waals surface area contributed by atoms with Crippen molar-refractivity contribution >= 4 is 11.8 Å². The maximum Gasteiger partial charge on any atom is 0.225 e. The Labute approximate surface area is 147 Å². The first-order valence-electron chi connectivity index (χ1n) is 8.97. The maximum absolute atomic E-state index is 5.39. The molecule has 1 saturated carbocycles. The Bertz CT molecular complexity index is 685. The molecule has 2 N–H and O–H groups in total. The molecule has 0 unspecified atom stereocenters. The van der Waals surface area contributed by atoms with Crippen LogP contribution in [0.1, 0.15) is 12.8 Å². The molecule has 2 aromatic heterocycles. The molecule has 0 amide bonds. The maximum atomic E-state index is 5.39. The van der Waals surface area contributed by atoms with Crippen molar-refractivity contribution in [3.8, 4) is 11.3 Å². The second kappa shape index (κ2) is 7.76. The normalized spacial score (nSPS) is 18.1. The summed E-state index contributed by atoms with van der Waals surface area (Å²) in [5.41, 5.74) is 1.96. The van der Waals surface area contributed by atoms with E-state index in [2.05, 4.69) is 30.5 Å². The zero-order chi connectivity index (χ0) is 16.9. The number of nitrogens with zero attached hydrogens (tertiary/aromatic N) is 4. The fraction of sp³-hybridized carbons (Fsp3) is 0.500. The lowest BCUT2D eigenvalue weighted by Crippen LogP contribution is -2.39. The van der Waals surface area contributed by atoms with Gasteiger partial charge in [-0.05, 0) is 25.0 Å². The van der Waals surface area contributed by atoms with E-state index in [1.807, 2.05) is 18.2 Å². The number of nitrogens with one attached hydrogen (secondary N) is 2. The molecule has 3 heterocycles. The van der Waals surface area contributed by atoms with Gasteiger partial charge in [-0.15, -0.1) is 0 Å². The van der Waals surface area contributed by atoms with Crippen molar-refractivity contribution in [3.05, 3.63) is 30.6 Å².